The van der Waals surface area contributed by atoms with Crippen LogP contribution in [0.2, 0.25) is 0 Å². The van der Waals surface area contributed by atoms with Gasteiger partial charge in [-0.05, 0) is 17.6 Å². The SMILES string of the molecule is COc1ccc(B(Cl)Cl)cc1. The standard InChI is InChI=1S/C7H7BCl2O/c1-11-7-4-2-6(3-5-7)8(9)10/h2-5H,1H3. The van der Waals surface area contributed by atoms with E-state index in [4.69, 9.17) is 27.7 Å². The van der Waals surface area contributed by atoms with Gasteiger partial charge in [0.15, 0.2) is 0 Å². The molecular weight excluding hydrogens is 182 g/mol. The minimum Gasteiger partial charge on any atom is -0.497 e. The van der Waals surface area contributed by atoms with Crippen molar-refractivity contribution in [2.75, 3.05) is 7.11 Å². The fourth-order valence-corrected chi connectivity index (χ4v) is 1.04. The molecule has 4 heteroatoms. The lowest BCUT2D eigenvalue weighted by molar-refractivity contribution is 0.415. The van der Waals surface area contributed by atoms with E-state index in [0.29, 0.717) is 0 Å². The first-order valence-corrected chi connectivity index (χ1v) is 4.03. The van der Waals surface area contributed by atoms with Crippen LogP contribution in [-0.2, 0) is 0 Å². The second-order valence-corrected chi connectivity index (χ2v) is 3.17. The Kier molecular flexibility index (Phi) is 3.09. The molecule has 0 aliphatic carbocycles. The van der Waals surface area contributed by atoms with E-state index in [1.54, 1.807) is 7.11 Å². The minimum atomic E-state index is -0.457. The number of hydrogen-bond acceptors (Lipinski definition) is 1. The maximum atomic E-state index is 5.62. The molecule has 0 radical (unpaired) electrons. The Labute approximate surface area is 76.2 Å². The maximum Gasteiger partial charge on any atom is 0.382 e. The molecule has 11 heavy (non-hydrogen) atoms. The van der Waals surface area contributed by atoms with Crippen molar-refractivity contribution in [1.82, 2.24) is 0 Å². The molecule has 0 aliphatic rings. The topological polar surface area (TPSA) is 9.23 Å². The van der Waals surface area contributed by atoms with Crippen molar-refractivity contribution in [1.29, 1.82) is 0 Å². The highest BCUT2D eigenvalue weighted by atomic mass is 35.5. The zero-order valence-electron chi connectivity index (χ0n) is 6.05. The molecule has 0 bridgehead atoms. The van der Waals surface area contributed by atoms with E-state index >= 15 is 0 Å². The van der Waals surface area contributed by atoms with E-state index in [2.05, 4.69) is 0 Å². The third-order valence-corrected chi connectivity index (χ3v) is 1.87. The smallest absolute Gasteiger partial charge is 0.382 e. The van der Waals surface area contributed by atoms with Crippen molar-refractivity contribution in [2.24, 2.45) is 0 Å². The van der Waals surface area contributed by atoms with Gasteiger partial charge >= 0.3 is 5.54 Å². The van der Waals surface area contributed by atoms with E-state index in [9.17, 15) is 0 Å². The number of halogens is 2. The van der Waals surface area contributed by atoms with Gasteiger partial charge < -0.3 is 4.74 Å². The van der Waals surface area contributed by atoms with Crippen LogP contribution in [0.15, 0.2) is 24.3 Å². The summed E-state index contributed by atoms with van der Waals surface area (Å²) >= 11 is 11.2. The van der Waals surface area contributed by atoms with Crippen molar-refractivity contribution < 1.29 is 4.74 Å². The predicted molar refractivity (Wildman–Crippen MR) is 50.1 cm³/mol. The molecule has 0 N–H and O–H groups in total. The van der Waals surface area contributed by atoms with Crippen molar-refractivity contribution >= 4 is 33.9 Å². The first-order valence-electron chi connectivity index (χ1n) is 3.16. The summed E-state index contributed by atoms with van der Waals surface area (Å²) in [5, 5.41) is 0. The van der Waals surface area contributed by atoms with Crippen molar-refractivity contribution in [3.05, 3.63) is 24.3 Å². The fraction of sp³-hybridized carbons (Fsp3) is 0.143. The van der Waals surface area contributed by atoms with Gasteiger partial charge in [0.25, 0.3) is 0 Å². The van der Waals surface area contributed by atoms with Gasteiger partial charge in [0.05, 0.1) is 7.11 Å². The molecule has 0 atom stereocenters. The van der Waals surface area contributed by atoms with Crippen LogP contribution >= 0.6 is 22.9 Å². The summed E-state index contributed by atoms with van der Waals surface area (Å²) in [7, 11) is 1.62. The van der Waals surface area contributed by atoms with Gasteiger partial charge in [0.1, 0.15) is 5.75 Å². The van der Waals surface area contributed by atoms with Crippen molar-refractivity contribution in [3.8, 4) is 5.75 Å². The van der Waals surface area contributed by atoms with Gasteiger partial charge in [-0.15, -0.1) is 0 Å². The van der Waals surface area contributed by atoms with Crippen molar-refractivity contribution in [3.63, 3.8) is 0 Å². The Morgan fingerprint density at radius 2 is 1.73 bits per heavy atom. The second kappa shape index (κ2) is 3.89. The highest BCUT2D eigenvalue weighted by molar-refractivity contribution is 7.39. The van der Waals surface area contributed by atoms with E-state index in [-0.39, 0.29) is 0 Å². The third kappa shape index (κ3) is 2.31. The number of benzene rings is 1. The lowest BCUT2D eigenvalue weighted by Crippen LogP contribution is -2.16. The Balaban J connectivity index is 2.83. The van der Waals surface area contributed by atoms with Crippen LogP contribution in [0.1, 0.15) is 0 Å². The normalized spacial score (nSPS) is 9.36. The molecule has 1 rings (SSSR count). The largest absolute Gasteiger partial charge is 0.497 e. The molecule has 0 fully saturated rings. The highest BCUT2D eigenvalue weighted by Gasteiger charge is 2.07. The minimum absolute atomic E-state index is 0.457. The summed E-state index contributed by atoms with van der Waals surface area (Å²) in [6, 6.07) is 7.33. The van der Waals surface area contributed by atoms with E-state index in [1.807, 2.05) is 24.3 Å². The molecular formula is C7H7BCl2O. The van der Waals surface area contributed by atoms with Gasteiger partial charge in [-0.1, -0.05) is 12.1 Å². The molecule has 0 heterocycles. The van der Waals surface area contributed by atoms with E-state index in [1.165, 1.54) is 0 Å². The molecule has 0 aromatic heterocycles. The molecule has 1 aromatic rings. The van der Waals surface area contributed by atoms with Gasteiger partial charge in [-0.2, -0.15) is 22.9 Å². The van der Waals surface area contributed by atoms with Gasteiger partial charge in [0.2, 0.25) is 0 Å². The molecule has 0 saturated carbocycles. The molecule has 0 aliphatic heterocycles. The number of ether oxygens (including phenoxy) is 1. The maximum absolute atomic E-state index is 5.62. The van der Waals surface area contributed by atoms with Crippen LogP contribution in [-0.4, -0.2) is 12.7 Å². The average molecular weight is 189 g/mol. The summed E-state index contributed by atoms with van der Waals surface area (Å²) in [5.74, 6) is 0.808. The Morgan fingerprint density at radius 1 is 1.18 bits per heavy atom. The Bertz CT molecular complexity index is 222. The quantitative estimate of drug-likeness (QED) is 0.645. The van der Waals surface area contributed by atoms with Crippen LogP contribution in [0, 0.1) is 0 Å². The first kappa shape index (κ1) is 8.76. The molecule has 1 nitrogen and oxygen atoms in total. The number of hydrogen-bond donors (Lipinski definition) is 0. The number of methoxy groups -OCH3 is 1. The highest BCUT2D eigenvalue weighted by Crippen LogP contribution is 2.07. The zero-order chi connectivity index (χ0) is 8.27. The molecule has 58 valence electrons. The van der Waals surface area contributed by atoms with Crippen LogP contribution in [0.25, 0.3) is 0 Å². The second-order valence-electron chi connectivity index (χ2n) is 2.07. The fourth-order valence-electron chi connectivity index (χ4n) is 0.749. The molecule has 0 spiro atoms. The van der Waals surface area contributed by atoms with Gasteiger partial charge in [-0.3, -0.25) is 0 Å². The summed E-state index contributed by atoms with van der Waals surface area (Å²) in [6.45, 7) is 0. The molecule has 1 aromatic carbocycles. The Hall–Kier alpha value is -0.335. The van der Waals surface area contributed by atoms with E-state index in [0.717, 1.165) is 11.2 Å². The van der Waals surface area contributed by atoms with Gasteiger partial charge in [0, 0.05) is 0 Å². The monoisotopic (exact) mass is 188 g/mol. The lowest BCUT2D eigenvalue weighted by Gasteiger charge is -2.00. The predicted octanol–water partition coefficient (Wildman–Crippen LogP) is 1.87. The lowest BCUT2D eigenvalue weighted by atomic mass is 9.93. The van der Waals surface area contributed by atoms with Crippen molar-refractivity contribution in [2.45, 2.75) is 0 Å². The third-order valence-electron chi connectivity index (χ3n) is 1.37. The summed E-state index contributed by atoms with van der Waals surface area (Å²) in [6.07, 6.45) is 0. The zero-order valence-corrected chi connectivity index (χ0v) is 7.56. The number of rotatable bonds is 2. The van der Waals surface area contributed by atoms with Crippen LogP contribution in [0.5, 0.6) is 5.75 Å². The summed E-state index contributed by atoms with van der Waals surface area (Å²) < 4.78 is 4.96. The molecule has 0 unspecified atom stereocenters. The molecule has 0 amide bonds. The van der Waals surface area contributed by atoms with Crippen LogP contribution in [0.3, 0.4) is 0 Å². The summed E-state index contributed by atoms with van der Waals surface area (Å²) in [4.78, 5) is 0. The van der Waals surface area contributed by atoms with E-state index < -0.39 is 5.54 Å². The van der Waals surface area contributed by atoms with Gasteiger partial charge in [-0.25, -0.2) is 0 Å². The first-order chi connectivity index (χ1) is 5.24. The summed E-state index contributed by atoms with van der Waals surface area (Å²) in [5.41, 5.74) is 0.426. The molecule has 0 saturated heterocycles. The van der Waals surface area contributed by atoms with Crippen LogP contribution in [0.4, 0.5) is 0 Å². The van der Waals surface area contributed by atoms with Crippen LogP contribution < -0.4 is 10.2 Å². The average Bonchev–Trinajstić information content (AvgIpc) is 2.05. The Morgan fingerprint density at radius 3 is 2.09 bits per heavy atom.